The van der Waals surface area contributed by atoms with E-state index in [9.17, 15) is 18.0 Å². The molecule has 0 saturated carbocycles. The number of fused-ring (bicyclic) bond motifs is 1. The second-order valence-corrected chi connectivity index (χ2v) is 13.7. The first kappa shape index (κ1) is 32.7. The van der Waals surface area contributed by atoms with E-state index in [4.69, 9.17) is 14.2 Å². The molecule has 0 radical (unpaired) electrons. The van der Waals surface area contributed by atoms with Crippen LogP contribution in [0.2, 0.25) is 0 Å². The number of carbonyl (C=O) groups excluding carboxylic acids is 2. The lowest BCUT2D eigenvalue weighted by molar-refractivity contribution is -0.142. The number of amides is 2. The molecule has 0 spiro atoms. The van der Waals surface area contributed by atoms with Crippen molar-refractivity contribution in [2.45, 2.75) is 58.2 Å². The number of ether oxygens (including phenoxy) is 3. The molecule has 1 aliphatic rings. The molecule has 1 unspecified atom stereocenters. The second kappa shape index (κ2) is 14.0. The maximum absolute atomic E-state index is 14.0. The van der Waals surface area contributed by atoms with Gasteiger partial charge in [0.2, 0.25) is 28.6 Å². The van der Waals surface area contributed by atoms with Crippen LogP contribution in [0.25, 0.3) is 0 Å². The molecule has 1 aliphatic heterocycles. The summed E-state index contributed by atoms with van der Waals surface area (Å²) in [5.74, 6) is 1.11. The number of nitrogens with zero attached hydrogens (tertiary/aromatic N) is 2. The summed E-state index contributed by atoms with van der Waals surface area (Å²) in [6.45, 7) is 6.00. The molecule has 0 aromatic heterocycles. The molecule has 0 bridgehead atoms. The number of carbonyl (C=O) groups is 2. The molecule has 0 aliphatic carbocycles. The standard InChI is InChI=1S/C33H41N3O7S/c1-33(2,3)34-32(38)28(20-24-11-7-6-8-12-24)35(22-25-13-9-14-27(19-25)41-4)31(37)15-10-18-36(44(5,39)40)26-16-17-29-30(21-26)43-23-42-29/h6-9,11-14,16-17,19,21,28H,10,15,18,20,22-23H2,1-5H3,(H,34,38). The smallest absolute Gasteiger partial charge is 0.243 e. The van der Waals surface area contributed by atoms with Crippen LogP contribution in [-0.2, 0) is 32.6 Å². The fourth-order valence-corrected chi connectivity index (χ4v) is 5.98. The molecule has 236 valence electrons. The lowest BCUT2D eigenvalue weighted by atomic mass is 10.00. The third-order valence-electron chi connectivity index (χ3n) is 7.05. The molecule has 10 nitrogen and oxygen atoms in total. The van der Waals surface area contributed by atoms with Gasteiger partial charge in [-0.3, -0.25) is 13.9 Å². The van der Waals surface area contributed by atoms with Gasteiger partial charge in [0.05, 0.1) is 19.1 Å². The summed E-state index contributed by atoms with van der Waals surface area (Å²) in [5, 5.41) is 3.05. The van der Waals surface area contributed by atoms with E-state index in [0.717, 1.165) is 17.4 Å². The van der Waals surface area contributed by atoms with Crippen LogP contribution in [0.5, 0.6) is 17.2 Å². The van der Waals surface area contributed by atoms with Gasteiger partial charge in [-0.25, -0.2) is 8.42 Å². The summed E-state index contributed by atoms with van der Waals surface area (Å²) in [5.41, 5.74) is 1.62. The highest BCUT2D eigenvalue weighted by Gasteiger charge is 2.32. The molecule has 0 fully saturated rings. The first-order chi connectivity index (χ1) is 20.8. The van der Waals surface area contributed by atoms with E-state index in [2.05, 4.69) is 5.32 Å². The first-order valence-corrected chi connectivity index (χ1v) is 16.3. The number of benzene rings is 3. The summed E-state index contributed by atoms with van der Waals surface area (Å²) in [6, 6.07) is 21.1. The van der Waals surface area contributed by atoms with Crippen LogP contribution in [0.4, 0.5) is 5.69 Å². The summed E-state index contributed by atoms with van der Waals surface area (Å²) in [6.07, 6.45) is 1.69. The van der Waals surface area contributed by atoms with E-state index >= 15 is 0 Å². The minimum atomic E-state index is -3.67. The molecule has 4 rings (SSSR count). The van der Waals surface area contributed by atoms with Crippen LogP contribution >= 0.6 is 0 Å². The molecule has 11 heteroatoms. The number of nitrogens with one attached hydrogen (secondary N) is 1. The first-order valence-electron chi connectivity index (χ1n) is 14.5. The third-order valence-corrected chi connectivity index (χ3v) is 8.25. The Labute approximate surface area is 260 Å². The molecule has 2 amide bonds. The van der Waals surface area contributed by atoms with E-state index in [1.54, 1.807) is 30.2 Å². The van der Waals surface area contributed by atoms with Gasteiger partial charge >= 0.3 is 0 Å². The fourth-order valence-electron chi connectivity index (χ4n) is 5.02. The molecule has 3 aromatic carbocycles. The SMILES string of the molecule is COc1cccc(CN(C(=O)CCCN(c2ccc3c(c2)OCO3)S(C)(=O)=O)C(Cc2ccccc2)C(=O)NC(C)(C)C)c1. The normalized spacial score (nSPS) is 13.2. The molecule has 1 atom stereocenters. The monoisotopic (exact) mass is 623 g/mol. The zero-order valence-electron chi connectivity index (χ0n) is 25.9. The van der Waals surface area contributed by atoms with Crippen molar-refractivity contribution in [1.29, 1.82) is 0 Å². The average Bonchev–Trinajstić information content (AvgIpc) is 3.44. The molecule has 3 aromatic rings. The molecule has 1 heterocycles. The Hall–Kier alpha value is -4.25. The van der Waals surface area contributed by atoms with Gasteiger partial charge in [0.25, 0.3) is 0 Å². The van der Waals surface area contributed by atoms with Crippen molar-refractivity contribution < 1.29 is 32.2 Å². The van der Waals surface area contributed by atoms with Gasteiger partial charge in [0.1, 0.15) is 11.8 Å². The summed E-state index contributed by atoms with van der Waals surface area (Å²) < 4.78 is 43.0. The largest absolute Gasteiger partial charge is 0.497 e. The van der Waals surface area contributed by atoms with Crippen LogP contribution in [0.15, 0.2) is 72.8 Å². The minimum Gasteiger partial charge on any atom is -0.497 e. The van der Waals surface area contributed by atoms with Crippen LogP contribution in [-0.4, -0.2) is 63.4 Å². The highest BCUT2D eigenvalue weighted by atomic mass is 32.2. The van der Waals surface area contributed by atoms with Gasteiger partial charge in [0, 0.05) is 37.5 Å². The molecule has 44 heavy (non-hydrogen) atoms. The lowest BCUT2D eigenvalue weighted by Gasteiger charge is -2.34. The highest BCUT2D eigenvalue weighted by Crippen LogP contribution is 2.36. The van der Waals surface area contributed by atoms with Gasteiger partial charge in [-0.15, -0.1) is 0 Å². The number of anilines is 1. The predicted molar refractivity (Wildman–Crippen MR) is 169 cm³/mol. The van der Waals surface area contributed by atoms with Crippen LogP contribution in [0.1, 0.15) is 44.7 Å². The van der Waals surface area contributed by atoms with E-state index in [1.165, 1.54) is 4.31 Å². The molecule has 1 N–H and O–H groups in total. The number of rotatable bonds is 13. The van der Waals surface area contributed by atoms with Gasteiger partial charge < -0.3 is 24.4 Å². The third kappa shape index (κ3) is 8.89. The van der Waals surface area contributed by atoms with E-state index in [-0.39, 0.29) is 44.5 Å². The van der Waals surface area contributed by atoms with Gasteiger partial charge in [-0.05, 0) is 62.6 Å². The van der Waals surface area contributed by atoms with Crippen molar-refractivity contribution in [3.8, 4) is 17.2 Å². The van der Waals surface area contributed by atoms with Crippen LogP contribution < -0.4 is 23.8 Å². The zero-order valence-corrected chi connectivity index (χ0v) is 26.7. The van der Waals surface area contributed by atoms with Gasteiger partial charge in [0.15, 0.2) is 11.5 Å². The van der Waals surface area contributed by atoms with Crippen molar-refractivity contribution in [1.82, 2.24) is 10.2 Å². The van der Waals surface area contributed by atoms with Crippen molar-refractivity contribution in [2.75, 3.05) is 31.0 Å². The lowest BCUT2D eigenvalue weighted by Crippen LogP contribution is -2.54. The fraction of sp³-hybridized carbons (Fsp3) is 0.394. The Morgan fingerprint density at radius 1 is 0.955 bits per heavy atom. The quantitative estimate of drug-likeness (QED) is 0.298. The topological polar surface area (TPSA) is 114 Å². The summed E-state index contributed by atoms with van der Waals surface area (Å²) >= 11 is 0. The minimum absolute atomic E-state index is 0.0224. The highest BCUT2D eigenvalue weighted by molar-refractivity contribution is 7.92. The van der Waals surface area contributed by atoms with Crippen LogP contribution in [0, 0.1) is 0 Å². The maximum Gasteiger partial charge on any atom is 0.243 e. The van der Waals surface area contributed by atoms with Crippen molar-refractivity contribution in [3.63, 3.8) is 0 Å². The van der Waals surface area contributed by atoms with Crippen molar-refractivity contribution >= 4 is 27.5 Å². The Morgan fingerprint density at radius 3 is 2.34 bits per heavy atom. The number of hydrogen-bond acceptors (Lipinski definition) is 7. The second-order valence-electron chi connectivity index (χ2n) is 11.8. The molecule has 0 saturated heterocycles. The predicted octanol–water partition coefficient (Wildman–Crippen LogP) is 4.52. The van der Waals surface area contributed by atoms with E-state index < -0.39 is 21.6 Å². The Kier molecular flexibility index (Phi) is 10.4. The summed E-state index contributed by atoms with van der Waals surface area (Å²) in [7, 11) is -2.09. The molecular formula is C33H41N3O7S. The average molecular weight is 624 g/mol. The van der Waals surface area contributed by atoms with Gasteiger partial charge in [-0.1, -0.05) is 42.5 Å². The zero-order chi connectivity index (χ0) is 31.9. The van der Waals surface area contributed by atoms with Gasteiger partial charge in [-0.2, -0.15) is 0 Å². The maximum atomic E-state index is 14.0. The van der Waals surface area contributed by atoms with E-state index in [1.807, 2.05) is 75.4 Å². The van der Waals surface area contributed by atoms with E-state index in [0.29, 0.717) is 29.4 Å². The number of hydrogen-bond donors (Lipinski definition) is 1. The molecular weight excluding hydrogens is 582 g/mol. The summed E-state index contributed by atoms with van der Waals surface area (Å²) in [4.78, 5) is 29.4. The van der Waals surface area contributed by atoms with Crippen molar-refractivity contribution in [2.24, 2.45) is 0 Å². The number of sulfonamides is 1. The Balaban J connectivity index is 1.60. The van der Waals surface area contributed by atoms with Crippen molar-refractivity contribution in [3.05, 3.63) is 83.9 Å². The Morgan fingerprint density at radius 2 is 1.66 bits per heavy atom. The Bertz CT molecular complexity index is 1560. The van der Waals surface area contributed by atoms with Crippen LogP contribution in [0.3, 0.4) is 0 Å². The number of methoxy groups -OCH3 is 1.